The van der Waals surface area contributed by atoms with E-state index in [9.17, 15) is 0 Å². The van der Waals surface area contributed by atoms with Crippen molar-refractivity contribution in [2.75, 3.05) is 26.2 Å². The van der Waals surface area contributed by atoms with Gasteiger partial charge in [0.2, 0.25) is 0 Å². The summed E-state index contributed by atoms with van der Waals surface area (Å²) in [5.41, 5.74) is 0. The smallest absolute Gasteiger partial charge is 0.191 e. The van der Waals surface area contributed by atoms with Crippen LogP contribution in [0.5, 0.6) is 5.75 Å². The lowest BCUT2D eigenvalue weighted by atomic mass is 10.3. The van der Waals surface area contributed by atoms with E-state index in [4.69, 9.17) is 4.74 Å². The third-order valence-corrected chi connectivity index (χ3v) is 3.15. The van der Waals surface area contributed by atoms with Gasteiger partial charge in [-0.25, -0.2) is 4.98 Å². The first kappa shape index (κ1) is 16.9. The summed E-state index contributed by atoms with van der Waals surface area (Å²) in [5, 5.41) is 6.52. The first-order valence-corrected chi connectivity index (χ1v) is 8.04. The number of hydrogen-bond acceptors (Lipinski definition) is 3. The Balaban J connectivity index is 1.64. The summed E-state index contributed by atoms with van der Waals surface area (Å²) in [6, 6.07) is 9.82. The molecule has 0 spiro atoms. The summed E-state index contributed by atoms with van der Waals surface area (Å²) in [6.07, 6.45) is 6.57. The van der Waals surface area contributed by atoms with Gasteiger partial charge in [-0.15, -0.1) is 0 Å². The fourth-order valence-electron chi connectivity index (χ4n) is 2.06. The van der Waals surface area contributed by atoms with Crippen LogP contribution in [-0.2, 0) is 6.54 Å². The normalized spacial score (nSPS) is 11.3. The standard InChI is InChI=1S/C17H25N5O/c1-2-19-17(20-9-6-12-22-13-10-18-15-22)21-11-14-23-16-7-4-3-5-8-16/h3-5,7-8,10,13,15H,2,6,9,11-12,14H2,1H3,(H2,19,20,21). The van der Waals surface area contributed by atoms with E-state index < -0.39 is 0 Å². The lowest BCUT2D eigenvalue weighted by Crippen LogP contribution is -2.39. The van der Waals surface area contributed by atoms with Gasteiger partial charge in [-0.1, -0.05) is 18.2 Å². The van der Waals surface area contributed by atoms with Crippen molar-refractivity contribution in [1.29, 1.82) is 0 Å². The molecule has 6 nitrogen and oxygen atoms in total. The zero-order valence-electron chi connectivity index (χ0n) is 13.6. The van der Waals surface area contributed by atoms with Crippen molar-refractivity contribution < 1.29 is 4.74 Å². The van der Waals surface area contributed by atoms with Crippen LogP contribution in [0.15, 0.2) is 54.0 Å². The van der Waals surface area contributed by atoms with Gasteiger partial charge in [-0.05, 0) is 25.5 Å². The van der Waals surface area contributed by atoms with Crippen LogP contribution in [-0.4, -0.2) is 41.8 Å². The van der Waals surface area contributed by atoms with Gasteiger partial charge in [0.15, 0.2) is 5.96 Å². The molecule has 6 heteroatoms. The van der Waals surface area contributed by atoms with E-state index in [1.807, 2.05) is 42.9 Å². The first-order valence-electron chi connectivity index (χ1n) is 8.04. The van der Waals surface area contributed by atoms with E-state index in [1.165, 1.54) is 0 Å². The molecule has 0 fully saturated rings. The number of nitrogens with zero attached hydrogens (tertiary/aromatic N) is 3. The summed E-state index contributed by atoms with van der Waals surface area (Å²) in [7, 11) is 0. The third kappa shape index (κ3) is 6.86. The van der Waals surface area contributed by atoms with Crippen molar-refractivity contribution in [3.05, 3.63) is 49.1 Å². The van der Waals surface area contributed by atoms with Crippen LogP contribution in [0.25, 0.3) is 0 Å². The molecule has 0 saturated carbocycles. The average molecular weight is 315 g/mol. The zero-order chi connectivity index (χ0) is 16.2. The Morgan fingerprint density at radius 2 is 2.13 bits per heavy atom. The predicted octanol–water partition coefficient (Wildman–Crippen LogP) is 1.91. The molecule has 0 radical (unpaired) electrons. The summed E-state index contributed by atoms with van der Waals surface area (Å²) in [5.74, 6) is 1.71. The maximum Gasteiger partial charge on any atom is 0.191 e. The highest BCUT2D eigenvalue weighted by Crippen LogP contribution is 2.07. The number of aromatic nitrogens is 2. The molecule has 0 amide bonds. The second-order valence-corrected chi connectivity index (χ2v) is 5.00. The minimum Gasteiger partial charge on any atom is -0.492 e. The lowest BCUT2D eigenvalue weighted by Gasteiger charge is -2.12. The van der Waals surface area contributed by atoms with Gasteiger partial charge in [0, 0.05) is 32.0 Å². The molecule has 0 bridgehead atoms. The van der Waals surface area contributed by atoms with Crippen molar-refractivity contribution in [2.45, 2.75) is 19.9 Å². The molecule has 2 aromatic rings. The second-order valence-electron chi connectivity index (χ2n) is 5.00. The molecule has 23 heavy (non-hydrogen) atoms. The summed E-state index contributed by atoms with van der Waals surface area (Å²) in [6.45, 7) is 5.91. The van der Waals surface area contributed by atoms with Crippen molar-refractivity contribution >= 4 is 5.96 Å². The fraction of sp³-hybridized carbons (Fsp3) is 0.412. The number of aryl methyl sites for hydroxylation is 1. The van der Waals surface area contributed by atoms with Crippen molar-refractivity contribution in [3.63, 3.8) is 0 Å². The van der Waals surface area contributed by atoms with Crippen molar-refractivity contribution in [2.24, 2.45) is 4.99 Å². The SMILES string of the molecule is CCNC(=NCCCn1ccnc1)NCCOc1ccccc1. The zero-order valence-corrected chi connectivity index (χ0v) is 13.6. The largest absolute Gasteiger partial charge is 0.492 e. The maximum absolute atomic E-state index is 5.65. The average Bonchev–Trinajstić information content (AvgIpc) is 3.10. The molecule has 1 aromatic heterocycles. The van der Waals surface area contributed by atoms with E-state index in [0.29, 0.717) is 13.2 Å². The van der Waals surface area contributed by atoms with Gasteiger partial charge in [0.05, 0.1) is 12.9 Å². The summed E-state index contributed by atoms with van der Waals surface area (Å²) in [4.78, 5) is 8.59. The van der Waals surface area contributed by atoms with Crippen LogP contribution in [0.4, 0.5) is 0 Å². The van der Waals surface area contributed by atoms with Crippen molar-refractivity contribution in [1.82, 2.24) is 20.2 Å². The lowest BCUT2D eigenvalue weighted by molar-refractivity contribution is 0.322. The topological polar surface area (TPSA) is 63.5 Å². The fourth-order valence-corrected chi connectivity index (χ4v) is 2.06. The number of imidazole rings is 1. The molecule has 0 unspecified atom stereocenters. The molecule has 0 aliphatic heterocycles. The van der Waals surface area contributed by atoms with Crippen LogP contribution in [0, 0.1) is 0 Å². The Hall–Kier alpha value is -2.50. The molecule has 0 atom stereocenters. The molecular formula is C17H25N5O. The number of nitrogens with one attached hydrogen (secondary N) is 2. The number of para-hydroxylation sites is 1. The van der Waals surface area contributed by atoms with Crippen LogP contribution in [0.2, 0.25) is 0 Å². The van der Waals surface area contributed by atoms with Gasteiger partial charge in [-0.2, -0.15) is 0 Å². The Morgan fingerprint density at radius 3 is 2.87 bits per heavy atom. The van der Waals surface area contributed by atoms with Crippen LogP contribution in [0.3, 0.4) is 0 Å². The van der Waals surface area contributed by atoms with Gasteiger partial charge < -0.3 is 19.9 Å². The molecule has 0 saturated heterocycles. The van der Waals surface area contributed by atoms with E-state index in [0.717, 1.165) is 37.8 Å². The monoisotopic (exact) mass is 315 g/mol. The summed E-state index contributed by atoms with van der Waals surface area (Å²) >= 11 is 0. The van der Waals surface area contributed by atoms with Gasteiger partial charge in [0.25, 0.3) is 0 Å². The van der Waals surface area contributed by atoms with Crippen LogP contribution >= 0.6 is 0 Å². The highest BCUT2D eigenvalue weighted by atomic mass is 16.5. The Kier molecular flexibility index (Phi) is 7.53. The number of guanidine groups is 1. The number of ether oxygens (including phenoxy) is 1. The van der Waals surface area contributed by atoms with E-state index in [1.54, 1.807) is 6.20 Å². The molecule has 2 rings (SSSR count). The number of rotatable bonds is 9. The Morgan fingerprint density at radius 1 is 1.26 bits per heavy atom. The highest BCUT2D eigenvalue weighted by molar-refractivity contribution is 5.79. The number of hydrogen-bond donors (Lipinski definition) is 2. The van der Waals surface area contributed by atoms with E-state index in [2.05, 4.69) is 32.1 Å². The quantitative estimate of drug-likeness (QED) is 0.421. The highest BCUT2D eigenvalue weighted by Gasteiger charge is 1.97. The van der Waals surface area contributed by atoms with Gasteiger partial charge in [-0.3, -0.25) is 4.99 Å². The molecule has 0 aliphatic carbocycles. The minimum atomic E-state index is 0.601. The molecule has 2 N–H and O–H groups in total. The van der Waals surface area contributed by atoms with Crippen LogP contribution in [0.1, 0.15) is 13.3 Å². The molecular weight excluding hydrogens is 290 g/mol. The van der Waals surface area contributed by atoms with Crippen LogP contribution < -0.4 is 15.4 Å². The first-order chi connectivity index (χ1) is 11.4. The predicted molar refractivity (Wildman–Crippen MR) is 92.8 cm³/mol. The molecule has 124 valence electrons. The summed E-state index contributed by atoms with van der Waals surface area (Å²) < 4.78 is 7.71. The van der Waals surface area contributed by atoms with Gasteiger partial charge in [0.1, 0.15) is 12.4 Å². The third-order valence-electron chi connectivity index (χ3n) is 3.15. The molecule has 0 aliphatic rings. The molecule has 1 aromatic carbocycles. The van der Waals surface area contributed by atoms with E-state index in [-0.39, 0.29) is 0 Å². The van der Waals surface area contributed by atoms with Crippen molar-refractivity contribution in [3.8, 4) is 5.75 Å². The minimum absolute atomic E-state index is 0.601. The second kappa shape index (κ2) is 10.3. The number of aliphatic imine (C=N–C) groups is 1. The molecule has 1 heterocycles. The van der Waals surface area contributed by atoms with E-state index >= 15 is 0 Å². The Labute approximate surface area is 137 Å². The van der Waals surface area contributed by atoms with Gasteiger partial charge >= 0.3 is 0 Å². The maximum atomic E-state index is 5.65. The number of benzene rings is 1. The Bertz CT molecular complexity index is 554.